The first kappa shape index (κ1) is 25.4. The van der Waals surface area contributed by atoms with E-state index < -0.39 is 6.10 Å². The van der Waals surface area contributed by atoms with Gasteiger partial charge in [0.1, 0.15) is 5.75 Å². The summed E-state index contributed by atoms with van der Waals surface area (Å²) in [5, 5.41) is 10.9. The Kier molecular flexibility index (Phi) is 9.32. The van der Waals surface area contributed by atoms with Gasteiger partial charge < -0.3 is 24.1 Å². The molecule has 0 aliphatic carbocycles. The molecule has 3 aromatic rings. The Hall–Kier alpha value is -2.70. The van der Waals surface area contributed by atoms with Crippen LogP contribution in [0.2, 0.25) is 0 Å². The van der Waals surface area contributed by atoms with Crippen molar-refractivity contribution in [2.75, 3.05) is 13.7 Å². The van der Waals surface area contributed by atoms with Gasteiger partial charge in [0.25, 0.3) is 0 Å². The van der Waals surface area contributed by atoms with Gasteiger partial charge in [0, 0.05) is 18.8 Å². The smallest absolute Gasteiger partial charge is 0.118 e. The summed E-state index contributed by atoms with van der Waals surface area (Å²) in [5.41, 5.74) is 3.14. The molecule has 5 heteroatoms. The molecule has 1 heterocycles. The minimum absolute atomic E-state index is 0.0161. The van der Waals surface area contributed by atoms with E-state index >= 15 is 0 Å². The van der Waals surface area contributed by atoms with Crippen molar-refractivity contribution in [2.24, 2.45) is 5.92 Å². The van der Waals surface area contributed by atoms with Gasteiger partial charge in [-0.15, -0.1) is 0 Å². The quantitative estimate of drug-likeness (QED) is 0.384. The molecule has 0 aromatic heterocycles. The highest BCUT2D eigenvalue weighted by molar-refractivity contribution is 5.28. The summed E-state index contributed by atoms with van der Waals surface area (Å²) in [6.07, 6.45) is 0.383. The summed E-state index contributed by atoms with van der Waals surface area (Å²) in [7, 11) is 1.64. The van der Waals surface area contributed by atoms with Crippen LogP contribution in [0.1, 0.15) is 42.6 Å². The molecular weight excluding hydrogens is 440 g/mol. The molecule has 1 fully saturated rings. The highest BCUT2D eigenvalue weighted by atomic mass is 16.5. The van der Waals surface area contributed by atoms with Gasteiger partial charge in [-0.05, 0) is 28.8 Å². The minimum atomic E-state index is -0.625. The fraction of sp³-hybridized carbons (Fsp3) is 0.400. The zero-order valence-corrected chi connectivity index (χ0v) is 20.6. The first-order valence-corrected chi connectivity index (χ1v) is 12.4. The van der Waals surface area contributed by atoms with Crippen LogP contribution < -0.4 is 4.74 Å². The molecule has 0 bridgehead atoms. The predicted octanol–water partition coefficient (Wildman–Crippen LogP) is 5.71. The van der Waals surface area contributed by atoms with E-state index in [0.717, 1.165) is 28.9 Å². The maximum Gasteiger partial charge on any atom is 0.118 e. The molecule has 0 spiro atoms. The molecule has 5 atom stereocenters. The van der Waals surface area contributed by atoms with Crippen molar-refractivity contribution in [2.45, 2.75) is 57.4 Å². The summed E-state index contributed by atoms with van der Waals surface area (Å²) < 4.78 is 24.1. The lowest BCUT2D eigenvalue weighted by Crippen LogP contribution is -2.46. The number of methoxy groups -OCH3 is 1. The van der Waals surface area contributed by atoms with Gasteiger partial charge >= 0.3 is 0 Å². The Morgan fingerprint density at radius 3 is 2.14 bits per heavy atom. The van der Waals surface area contributed by atoms with E-state index in [1.165, 1.54) is 0 Å². The summed E-state index contributed by atoms with van der Waals surface area (Å²) >= 11 is 0. The Morgan fingerprint density at radius 1 is 0.886 bits per heavy atom. The van der Waals surface area contributed by atoms with Crippen LogP contribution >= 0.6 is 0 Å². The second-order valence-corrected chi connectivity index (χ2v) is 9.25. The molecule has 0 saturated carbocycles. The first-order valence-electron chi connectivity index (χ1n) is 12.4. The maximum atomic E-state index is 10.9. The Bertz CT molecular complexity index is 992. The lowest BCUT2D eigenvalue weighted by molar-refractivity contribution is -0.177. The van der Waals surface area contributed by atoms with Crippen molar-refractivity contribution in [1.29, 1.82) is 0 Å². The molecular formula is C30H36O5. The van der Waals surface area contributed by atoms with Gasteiger partial charge in [-0.1, -0.05) is 79.7 Å². The molecule has 5 nitrogen and oxygen atoms in total. The number of hydrogen-bond acceptors (Lipinski definition) is 5. The Balaban J connectivity index is 1.40. The van der Waals surface area contributed by atoms with Crippen molar-refractivity contribution >= 4 is 0 Å². The molecule has 3 aromatic carbocycles. The number of hydrogen-bond donors (Lipinski definition) is 1. The van der Waals surface area contributed by atoms with E-state index in [2.05, 4.69) is 31.2 Å². The molecule has 0 unspecified atom stereocenters. The molecule has 1 aliphatic rings. The van der Waals surface area contributed by atoms with Gasteiger partial charge in [-0.25, -0.2) is 0 Å². The van der Waals surface area contributed by atoms with E-state index in [1.54, 1.807) is 7.11 Å². The fourth-order valence-corrected chi connectivity index (χ4v) is 4.56. The lowest BCUT2D eigenvalue weighted by Gasteiger charge is -2.41. The van der Waals surface area contributed by atoms with Crippen LogP contribution in [0.4, 0.5) is 0 Å². The van der Waals surface area contributed by atoms with E-state index in [4.69, 9.17) is 18.9 Å². The van der Waals surface area contributed by atoms with Gasteiger partial charge in [-0.3, -0.25) is 0 Å². The van der Waals surface area contributed by atoms with Crippen molar-refractivity contribution in [3.8, 4) is 5.75 Å². The summed E-state index contributed by atoms with van der Waals surface area (Å²) in [6, 6.07) is 27.9. The molecule has 186 valence electrons. The van der Waals surface area contributed by atoms with Crippen LogP contribution in [0.3, 0.4) is 0 Å². The average Bonchev–Trinajstić information content (AvgIpc) is 2.90. The molecule has 1 N–H and O–H groups in total. The monoisotopic (exact) mass is 476 g/mol. The maximum absolute atomic E-state index is 10.9. The van der Waals surface area contributed by atoms with E-state index in [1.807, 2.05) is 60.7 Å². The van der Waals surface area contributed by atoms with Gasteiger partial charge in [0.2, 0.25) is 0 Å². The summed E-state index contributed by atoms with van der Waals surface area (Å²) in [5.74, 6) is 0.942. The summed E-state index contributed by atoms with van der Waals surface area (Å²) in [6.45, 7) is 3.75. The largest absolute Gasteiger partial charge is 0.497 e. The lowest BCUT2D eigenvalue weighted by atomic mass is 9.88. The van der Waals surface area contributed by atoms with E-state index in [0.29, 0.717) is 26.2 Å². The highest BCUT2D eigenvalue weighted by Gasteiger charge is 2.37. The van der Waals surface area contributed by atoms with Crippen molar-refractivity contribution in [3.63, 3.8) is 0 Å². The molecule has 1 aliphatic heterocycles. The SMILES string of the molecule is COc1ccc([C@H](O)C[C@@H]2C[C@@H](OCc3ccccc3)[C@H](C)[C@H](COCc3ccccc3)O2)cc1. The van der Waals surface area contributed by atoms with E-state index in [9.17, 15) is 5.11 Å². The van der Waals surface area contributed by atoms with Crippen LogP contribution in [-0.4, -0.2) is 37.1 Å². The minimum Gasteiger partial charge on any atom is -0.497 e. The molecule has 1 saturated heterocycles. The third kappa shape index (κ3) is 7.39. The third-order valence-corrected chi connectivity index (χ3v) is 6.72. The van der Waals surface area contributed by atoms with Crippen LogP contribution in [0.25, 0.3) is 0 Å². The van der Waals surface area contributed by atoms with Crippen LogP contribution in [0.5, 0.6) is 5.75 Å². The first-order chi connectivity index (χ1) is 17.1. The standard InChI is InChI=1S/C30H36O5/c1-22-29(34-20-24-11-7-4-8-12-24)18-27(17-28(31)25-13-15-26(32-2)16-14-25)35-30(22)21-33-19-23-9-5-3-6-10-23/h3-16,22,27-31H,17-21H2,1-2H3/t22-,27+,28+,29+,30-/m0/s1. The zero-order chi connectivity index (χ0) is 24.5. The normalized spacial score (nSPS) is 23.1. The molecule has 0 amide bonds. The average molecular weight is 477 g/mol. The Labute approximate surface area is 208 Å². The zero-order valence-electron chi connectivity index (χ0n) is 20.6. The van der Waals surface area contributed by atoms with Gasteiger partial charge in [0.15, 0.2) is 0 Å². The molecule has 4 rings (SSSR count). The number of aliphatic hydroxyl groups is 1. The number of benzene rings is 3. The van der Waals surface area contributed by atoms with Crippen molar-refractivity contribution in [1.82, 2.24) is 0 Å². The fourth-order valence-electron chi connectivity index (χ4n) is 4.56. The number of aliphatic hydroxyl groups excluding tert-OH is 1. The van der Waals surface area contributed by atoms with Crippen LogP contribution in [0, 0.1) is 5.92 Å². The van der Waals surface area contributed by atoms with Gasteiger partial charge in [0.05, 0.1) is 51.3 Å². The second-order valence-electron chi connectivity index (χ2n) is 9.25. The van der Waals surface area contributed by atoms with Crippen LogP contribution in [0.15, 0.2) is 84.9 Å². The van der Waals surface area contributed by atoms with Gasteiger partial charge in [-0.2, -0.15) is 0 Å². The second kappa shape index (κ2) is 12.8. The predicted molar refractivity (Wildman–Crippen MR) is 136 cm³/mol. The molecule has 0 radical (unpaired) electrons. The summed E-state index contributed by atoms with van der Waals surface area (Å²) in [4.78, 5) is 0. The van der Waals surface area contributed by atoms with Crippen molar-refractivity contribution in [3.05, 3.63) is 102 Å². The topological polar surface area (TPSA) is 57.2 Å². The van der Waals surface area contributed by atoms with Crippen LogP contribution in [-0.2, 0) is 27.4 Å². The van der Waals surface area contributed by atoms with Crippen molar-refractivity contribution < 1.29 is 24.1 Å². The molecule has 35 heavy (non-hydrogen) atoms. The van der Waals surface area contributed by atoms with E-state index in [-0.39, 0.29) is 24.2 Å². The Morgan fingerprint density at radius 2 is 1.51 bits per heavy atom. The number of ether oxygens (including phenoxy) is 4. The highest BCUT2D eigenvalue weighted by Crippen LogP contribution is 2.33. The number of rotatable bonds is 11. The third-order valence-electron chi connectivity index (χ3n) is 6.72.